The molecular weight excluding hydrogens is 256 g/mol. The lowest BCUT2D eigenvalue weighted by Gasteiger charge is -2.17. The lowest BCUT2D eigenvalue weighted by Crippen LogP contribution is -2.13. The lowest BCUT2D eigenvalue weighted by molar-refractivity contribution is -0.384. The van der Waals surface area contributed by atoms with Gasteiger partial charge in [0.2, 0.25) is 0 Å². The standard InChI is InChI=1S/C14H18N4O2/c1-14(2,3)12-11(13(15)17(4)16-12)9-5-7-10(8-6-9)18(19)20/h5-8H,15H2,1-4H3. The molecule has 0 aliphatic carbocycles. The molecule has 2 N–H and O–H groups in total. The molecule has 0 fully saturated rings. The van der Waals surface area contributed by atoms with Gasteiger partial charge in [0.25, 0.3) is 5.69 Å². The summed E-state index contributed by atoms with van der Waals surface area (Å²) in [4.78, 5) is 10.3. The zero-order valence-electron chi connectivity index (χ0n) is 12.0. The monoisotopic (exact) mass is 274 g/mol. The van der Waals surface area contributed by atoms with Gasteiger partial charge < -0.3 is 5.73 Å². The van der Waals surface area contributed by atoms with E-state index in [2.05, 4.69) is 25.9 Å². The van der Waals surface area contributed by atoms with E-state index in [0.717, 1.165) is 16.8 Å². The summed E-state index contributed by atoms with van der Waals surface area (Å²) < 4.78 is 1.64. The van der Waals surface area contributed by atoms with E-state index in [9.17, 15) is 10.1 Å². The van der Waals surface area contributed by atoms with Gasteiger partial charge in [-0.15, -0.1) is 0 Å². The second kappa shape index (κ2) is 4.63. The van der Waals surface area contributed by atoms with Crippen molar-refractivity contribution >= 4 is 11.5 Å². The van der Waals surface area contributed by atoms with E-state index in [1.807, 2.05) is 0 Å². The summed E-state index contributed by atoms with van der Waals surface area (Å²) in [7, 11) is 1.79. The van der Waals surface area contributed by atoms with Crippen LogP contribution in [-0.4, -0.2) is 14.7 Å². The van der Waals surface area contributed by atoms with E-state index in [-0.39, 0.29) is 11.1 Å². The highest BCUT2D eigenvalue weighted by atomic mass is 16.6. The van der Waals surface area contributed by atoms with Gasteiger partial charge in [-0.05, 0) is 17.7 Å². The number of benzene rings is 1. The van der Waals surface area contributed by atoms with Crippen LogP contribution >= 0.6 is 0 Å². The maximum atomic E-state index is 10.7. The average molecular weight is 274 g/mol. The van der Waals surface area contributed by atoms with E-state index in [0.29, 0.717) is 5.82 Å². The summed E-state index contributed by atoms with van der Waals surface area (Å²) >= 11 is 0. The number of rotatable bonds is 2. The molecule has 0 aliphatic heterocycles. The number of nitrogens with two attached hydrogens (primary N) is 1. The minimum Gasteiger partial charge on any atom is -0.383 e. The van der Waals surface area contributed by atoms with E-state index in [1.165, 1.54) is 12.1 Å². The van der Waals surface area contributed by atoms with E-state index >= 15 is 0 Å². The van der Waals surface area contributed by atoms with Crippen molar-refractivity contribution in [3.05, 3.63) is 40.1 Å². The number of aromatic nitrogens is 2. The van der Waals surface area contributed by atoms with Crippen molar-refractivity contribution in [1.82, 2.24) is 9.78 Å². The third-order valence-electron chi connectivity index (χ3n) is 3.17. The van der Waals surface area contributed by atoms with Crippen LogP contribution in [0.1, 0.15) is 26.5 Å². The second-order valence-electron chi connectivity index (χ2n) is 5.79. The number of hydrogen-bond acceptors (Lipinski definition) is 4. The van der Waals surface area contributed by atoms with Crippen molar-refractivity contribution in [1.29, 1.82) is 0 Å². The Bertz CT molecular complexity index is 651. The zero-order chi connectivity index (χ0) is 15.1. The molecule has 0 aliphatic rings. The summed E-state index contributed by atoms with van der Waals surface area (Å²) in [6.07, 6.45) is 0. The summed E-state index contributed by atoms with van der Waals surface area (Å²) in [6, 6.07) is 6.38. The van der Waals surface area contributed by atoms with Crippen LogP contribution in [-0.2, 0) is 12.5 Å². The first-order valence-corrected chi connectivity index (χ1v) is 6.29. The molecular formula is C14H18N4O2. The third-order valence-corrected chi connectivity index (χ3v) is 3.17. The molecule has 0 radical (unpaired) electrons. The van der Waals surface area contributed by atoms with Crippen molar-refractivity contribution in [2.24, 2.45) is 7.05 Å². The maximum Gasteiger partial charge on any atom is 0.269 e. The predicted octanol–water partition coefficient (Wildman–Crippen LogP) is 2.88. The molecule has 2 rings (SSSR count). The number of nitro groups is 1. The highest BCUT2D eigenvalue weighted by Gasteiger charge is 2.26. The van der Waals surface area contributed by atoms with Crippen LogP contribution in [0, 0.1) is 10.1 Å². The largest absolute Gasteiger partial charge is 0.383 e. The highest BCUT2D eigenvalue weighted by Crippen LogP contribution is 2.36. The predicted molar refractivity (Wildman–Crippen MR) is 78.4 cm³/mol. The van der Waals surface area contributed by atoms with E-state index < -0.39 is 4.92 Å². The summed E-state index contributed by atoms with van der Waals surface area (Å²) in [5, 5.41) is 15.2. The highest BCUT2D eigenvalue weighted by molar-refractivity contribution is 5.78. The van der Waals surface area contributed by atoms with Crippen LogP contribution < -0.4 is 5.73 Å². The van der Waals surface area contributed by atoms with Gasteiger partial charge >= 0.3 is 0 Å². The first-order chi connectivity index (χ1) is 9.21. The fraction of sp³-hybridized carbons (Fsp3) is 0.357. The Morgan fingerprint density at radius 2 is 1.80 bits per heavy atom. The first kappa shape index (κ1) is 14.0. The molecule has 0 saturated carbocycles. The average Bonchev–Trinajstić information content (AvgIpc) is 2.66. The van der Waals surface area contributed by atoms with Gasteiger partial charge in [0.1, 0.15) is 5.82 Å². The number of anilines is 1. The molecule has 1 aromatic heterocycles. The fourth-order valence-corrected chi connectivity index (χ4v) is 2.10. The quantitative estimate of drug-likeness (QED) is 0.673. The molecule has 2 aromatic rings. The Labute approximate surface area is 117 Å². The van der Waals surface area contributed by atoms with Gasteiger partial charge in [-0.1, -0.05) is 20.8 Å². The minimum atomic E-state index is -0.416. The third kappa shape index (κ3) is 2.36. The molecule has 0 spiro atoms. The van der Waals surface area contributed by atoms with Crippen molar-refractivity contribution < 1.29 is 4.92 Å². The molecule has 0 bridgehead atoms. The van der Waals surface area contributed by atoms with Crippen molar-refractivity contribution in [3.8, 4) is 11.1 Å². The van der Waals surface area contributed by atoms with Crippen LogP contribution in [0.2, 0.25) is 0 Å². The number of nitrogen functional groups attached to an aromatic ring is 1. The number of aryl methyl sites for hydroxylation is 1. The van der Waals surface area contributed by atoms with Crippen molar-refractivity contribution in [2.45, 2.75) is 26.2 Å². The van der Waals surface area contributed by atoms with E-state index in [1.54, 1.807) is 23.9 Å². The van der Waals surface area contributed by atoms with Gasteiger partial charge in [-0.25, -0.2) is 0 Å². The molecule has 0 unspecified atom stereocenters. The summed E-state index contributed by atoms with van der Waals surface area (Å²) in [6.45, 7) is 6.18. The van der Waals surface area contributed by atoms with Crippen LogP contribution in [0.4, 0.5) is 11.5 Å². The summed E-state index contributed by atoms with van der Waals surface area (Å²) in [5.74, 6) is 0.559. The Kier molecular flexibility index (Phi) is 3.25. The topological polar surface area (TPSA) is 87.0 Å². The lowest BCUT2D eigenvalue weighted by atomic mass is 9.87. The molecule has 0 saturated heterocycles. The van der Waals surface area contributed by atoms with Gasteiger partial charge in [0, 0.05) is 30.2 Å². The zero-order valence-corrected chi connectivity index (χ0v) is 12.0. The van der Waals surface area contributed by atoms with Gasteiger partial charge in [-0.3, -0.25) is 14.8 Å². The first-order valence-electron chi connectivity index (χ1n) is 6.29. The number of hydrogen-bond donors (Lipinski definition) is 1. The number of nitrogens with zero attached hydrogens (tertiary/aromatic N) is 3. The second-order valence-corrected chi connectivity index (χ2v) is 5.79. The van der Waals surface area contributed by atoms with Crippen LogP contribution in [0.25, 0.3) is 11.1 Å². The van der Waals surface area contributed by atoms with Gasteiger partial charge in [0.15, 0.2) is 0 Å². The molecule has 20 heavy (non-hydrogen) atoms. The molecule has 1 heterocycles. The molecule has 106 valence electrons. The van der Waals surface area contributed by atoms with Crippen LogP contribution in [0.15, 0.2) is 24.3 Å². The number of non-ortho nitro benzene ring substituents is 1. The Morgan fingerprint density at radius 3 is 2.25 bits per heavy atom. The van der Waals surface area contributed by atoms with E-state index in [4.69, 9.17) is 5.73 Å². The fourth-order valence-electron chi connectivity index (χ4n) is 2.10. The normalized spacial score (nSPS) is 11.6. The summed E-state index contributed by atoms with van der Waals surface area (Å²) in [5.41, 5.74) is 8.56. The molecule has 1 aromatic carbocycles. The molecule has 6 nitrogen and oxygen atoms in total. The number of nitro benzene ring substituents is 1. The molecule has 0 atom stereocenters. The Morgan fingerprint density at radius 1 is 1.25 bits per heavy atom. The maximum absolute atomic E-state index is 10.7. The SMILES string of the molecule is Cn1nc(C(C)(C)C)c(-c2ccc([N+](=O)[O-])cc2)c1N. The Balaban J connectivity index is 2.60. The van der Waals surface area contributed by atoms with Crippen LogP contribution in [0.5, 0.6) is 0 Å². The van der Waals surface area contributed by atoms with Crippen LogP contribution in [0.3, 0.4) is 0 Å². The molecule has 6 heteroatoms. The van der Waals surface area contributed by atoms with Crippen molar-refractivity contribution in [2.75, 3.05) is 5.73 Å². The smallest absolute Gasteiger partial charge is 0.269 e. The molecule has 0 amide bonds. The Hall–Kier alpha value is -2.37. The van der Waals surface area contributed by atoms with Gasteiger partial charge in [0.05, 0.1) is 10.6 Å². The van der Waals surface area contributed by atoms with Crippen molar-refractivity contribution in [3.63, 3.8) is 0 Å². The van der Waals surface area contributed by atoms with Gasteiger partial charge in [-0.2, -0.15) is 5.10 Å². The minimum absolute atomic E-state index is 0.0634.